The third kappa shape index (κ3) is 2.99. The van der Waals surface area contributed by atoms with E-state index in [1.807, 2.05) is 0 Å². The number of rotatable bonds is 4. The van der Waals surface area contributed by atoms with E-state index in [9.17, 15) is 22.8 Å². The largest absolute Gasteiger partial charge is 0.480 e. The number of nitrogens with one attached hydrogen (secondary N) is 2. The summed E-state index contributed by atoms with van der Waals surface area (Å²) in [6.45, 7) is -0.901. The summed E-state index contributed by atoms with van der Waals surface area (Å²) in [6, 6.07) is -2.89. The van der Waals surface area contributed by atoms with Crippen molar-refractivity contribution in [2.24, 2.45) is 0 Å². The molecule has 0 aromatic heterocycles. The molecule has 9 heteroatoms. The molecule has 1 aliphatic rings. The molecule has 0 aromatic rings. The number of carboxylic acid groups (broad SMARTS) is 1. The van der Waals surface area contributed by atoms with Gasteiger partial charge in [-0.25, -0.2) is 9.59 Å². The SMILES string of the molecule is O=C(N[C@@H](CO)C(=O)O)NC1(C(F)(F)F)CC1. The van der Waals surface area contributed by atoms with Crippen LogP contribution in [0.1, 0.15) is 12.8 Å². The Bertz CT molecular complexity index is 327. The maximum absolute atomic E-state index is 12.4. The van der Waals surface area contributed by atoms with Gasteiger partial charge in [0, 0.05) is 0 Å². The van der Waals surface area contributed by atoms with Crippen LogP contribution >= 0.6 is 0 Å². The fraction of sp³-hybridized carbons (Fsp3) is 0.750. The number of hydrogen-bond acceptors (Lipinski definition) is 3. The van der Waals surface area contributed by atoms with Crippen LogP contribution in [-0.2, 0) is 4.79 Å². The second kappa shape index (κ2) is 4.40. The standard InChI is InChI=1S/C8H11F3N2O4/c9-8(10,11)7(1-2-7)13-6(17)12-4(3-14)5(15)16/h4,14H,1-3H2,(H,15,16)(H2,12,13,17)/t4-/m0/s1. The second-order valence-corrected chi connectivity index (χ2v) is 3.75. The molecule has 1 rings (SSSR count). The van der Waals surface area contributed by atoms with Gasteiger partial charge in [-0.15, -0.1) is 0 Å². The number of carbonyl (C=O) groups excluding carboxylic acids is 1. The first-order chi connectivity index (χ1) is 7.72. The van der Waals surface area contributed by atoms with Gasteiger partial charge < -0.3 is 20.8 Å². The Morgan fingerprint density at radius 2 is 1.88 bits per heavy atom. The van der Waals surface area contributed by atoms with Gasteiger partial charge in [0.1, 0.15) is 5.54 Å². The van der Waals surface area contributed by atoms with Crippen LogP contribution in [0.3, 0.4) is 0 Å². The molecule has 0 bridgehead atoms. The number of urea groups is 1. The number of alkyl halides is 3. The van der Waals surface area contributed by atoms with Gasteiger partial charge in [-0.3, -0.25) is 0 Å². The zero-order valence-electron chi connectivity index (χ0n) is 8.54. The van der Waals surface area contributed by atoms with Gasteiger partial charge in [0.05, 0.1) is 6.61 Å². The zero-order chi connectivity index (χ0) is 13.3. The van der Waals surface area contributed by atoms with E-state index in [-0.39, 0.29) is 12.8 Å². The van der Waals surface area contributed by atoms with Crippen LogP contribution in [0.2, 0.25) is 0 Å². The lowest BCUT2D eigenvalue weighted by Gasteiger charge is -2.22. The lowest BCUT2D eigenvalue weighted by atomic mass is 10.2. The van der Waals surface area contributed by atoms with Crippen molar-refractivity contribution in [1.82, 2.24) is 10.6 Å². The molecule has 1 saturated carbocycles. The van der Waals surface area contributed by atoms with Gasteiger partial charge >= 0.3 is 18.2 Å². The van der Waals surface area contributed by atoms with Crippen LogP contribution in [-0.4, -0.2) is 46.6 Å². The Balaban J connectivity index is 2.54. The average molecular weight is 256 g/mol. The van der Waals surface area contributed by atoms with Crippen molar-refractivity contribution in [2.45, 2.75) is 30.6 Å². The highest BCUT2D eigenvalue weighted by Crippen LogP contribution is 2.48. The van der Waals surface area contributed by atoms with Gasteiger partial charge in [-0.05, 0) is 12.8 Å². The number of aliphatic carboxylic acids is 1. The molecule has 0 radical (unpaired) electrons. The number of amides is 2. The van der Waals surface area contributed by atoms with E-state index >= 15 is 0 Å². The summed E-state index contributed by atoms with van der Waals surface area (Å²) in [6.07, 6.45) is -5.04. The summed E-state index contributed by atoms with van der Waals surface area (Å²) in [5, 5.41) is 20.5. The van der Waals surface area contributed by atoms with Crippen molar-refractivity contribution >= 4 is 12.0 Å². The van der Waals surface area contributed by atoms with E-state index in [1.54, 1.807) is 10.6 Å². The molecule has 0 spiro atoms. The molecule has 1 aliphatic carbocycles. The molecular weight excluding hydrogens is 245 g/mol. The highest BCUT2D eigenvalue weighted by atomic mass is 19.4. The summed E-state index contributed by atoms with van der Waals surface area (Å²) in [5.41, 5.74) is -2.25. The van der Waals surface area contributed by atoms with Gasteiger partial charge in [-0.2, -0.15) is 13.2 Å². The predicted octanol–water partition coefficient (Wildman–Crippen LogP) is -0.174. The molecule has 0 unspecified atom stereocenters. The monoisotopic (exact) mass is 256 g/mol. The van der Waals surface area contributed by atoms with Gasteiger partial charge in [-0.1, -0.05) is 0 Å². The first kappa shape index (κ1) is 13.6. The molecule has 2 amide bonds. The quantitative estimate of drug-likeness (QED) is 0.561. The van der Waals surface area contributed by atoms with E-state index in [0.29, 0.717) is 0 Å². The molecule has 4 N–H and O–H groups in total. The van der Waals surface area contributed by atoms with Crippen LogP contribution in [0.5, 0.6) is 0 Å². The minimum Gasteiger partial charge on any atom is -0.480 e. The lowest BCUT2D eigenvalue weighted by molar-refractivity contribution is -0.162. The third-order valence-electron chi connectivity index (χ3n) is 2.43. The number of carbonyl (C=O) groups is 2. The van der Waals surface area contributed by atoms with E-state index < -0.39 is 36.4 Å². The van der Waals surface area contributed by atoms with Crippen LogP contribution in [0.4, 0.5) is 18.0 Å². The van der Waals surface area contributed by atoms with Gasteiger partial charge in [0.15, 0.2) is 6.04 Å². The Hall–Kier alpha value is -1.51. The van der Waals surface area contributed by atoms with Crippen LogP contribution in [0, 0.1) is 0 Å². The average Bonchev–Trinajstić information content (AvgIpc) is 2.93. The molecule has 0 aromatic carbocycles. The van der Waals surface area contributed by atoms with Gasteiger partial charge in [0.25, 0.3) is 0 Å². The maximum atomic E-state index is 12.4. The van der Waals surface area contributed by atoms with Crippen LogP contribution in [0.15, 0.2) is 0 Å². The number of hydrogen-bond donors (Lipinski definition) is 4. The number of aliphatic hydroxyl groups is 1. The van der Waals surface area contributed by atoms with Crippen molar-refractivity contribution in [1.29, 1.82) is 0 Å². The highest BCUT2D eigenvalue weighted by molar-refractivity contribution is 5.83. The fourth-order valence-corrected chi connectivity index (χ4v) is 1.20. The molecule has 98 valence electrons. The Kier molecular flexibility index (Phi) is 3.51. The molecule has 1 atom stereocenters. The van der Waals surface area contributed by atoms with E-state index in [0.717, 1.165) is 0 Å². The van der Waals surface area contributed by atoms with Crippen LogP contribution in [0.25, 0.3) is 0 Å². The Labute approximate surface area is 93.8 Å². The molecule has 1 fully saturated rings. The minimum absolute atomic E-state index is 0.235. The summed E-state index contributed by atoms with van der Waals surface area (Å²) in [4.78, 5) is 21.5. The summed E-state index contributed by atoms with van der Waals surface area (Å²) in [7, 11) is 0. The van der Waals surface area contributed by atoms with Crippen molar-refractivity contribution < 1.29 is 33.0 Å². The lowest BCUT2D eigenvalue weighted by Crippen LogP contribution is -2.55. The zero-order valence-corrected chi connectivity index (χ0v) is 8.54. The van der Waals surface area contributed by atoms with E-state index in [4.69, 9.17) is 10.2 Å². The summed E-state index contributed by atoms with van der Waals surface area (Å²) < 4.78 is 37.3. The number of halogens is 3. The fourth-order valence-electron chi connectivity index (χ4n) is 1.20. The smallest absolute Gasteiger partial charge is 0.411 e. The molecule has 17 heavy (non-hydrogen) atoms. The molecule has 0 heterocycles. The third-order valence-corrected chi connectivity index (χ3v) is 2.43. The van der Waals surface area contributed by atoms with Crippen molar-refractivity contribution in [2.75, 3.05) is 6.61 Å². The Morgan fingerprint density at radius 3 is 2.18 bits per heavy atom. The molecular formula is C8H11F3N2O4. The highest BCUT2D eigenvalue weighted by Gasteiger charge is 2.64. The second-order valence-electron chi connectivity index (χ2n) is 3.75. The van der Waals surface area contributed by atoms with Crippen molar-refractivity contribution in [3.63, 3.8) is 0 Å². The maximum Gasteiger partial charge on any atom is 0.411 e. The normalized spacial score (nSPS) is 19.3. The molecule has 0 saturated heterocycles. The Morgan fingerprint density at radius 1 is 1.35 bits per heavy atom. The summed E-state index contributed by atoms with van der Waals surface area (Å²) in [5.74, 6) is -1.53. The van der Waals surface area contributed by atoms with E-state index in [1.165, 1.54) is 0 Å². The van der Waals surface area contributed by atoms with E-state index in [2.05, 4.69) is 0 Å². The first-order valence-electron chi connectivity index (χ1n) is 4.71. The number of aliphatic hydroxyl groups excluding tert-OH is 1. The van der Waals surface area contributed by atoms with Gasteiger partial charge in [0.2, 0.25) is 0 Å². The van der Waals surface area contributed by atoms with Crippen LogP contribution < -0.4 is 10.6 Å². The first-order valence-corrected chi connectivity index (χ1v) is 4.71. The number of carboxylic acids is 1. The molecule has 6 nitrogen and oxygen atoms in total. The summed E-state index contributed by atoms with van der Waals surface area (Å²) >= 11 is 0. The predicted molar refractivity (Wildman–Crippen MR) is 48.2 cm³/mol. The molecule has 0 aliphatic heterocycles. The van der Waals surface area contributed by atoms with Crippen molar-refractivity contribution in [3.8, 4) is 0 Å². The minimum atomic E-state index is -4.57. The topological polar surface area (TPSA) is 98.7 Å². The van der Waals surface area contributed by atoms with Crippen molar-refractivity contribution in [3.05, 3.63) is 0 Å².